The molecule has 3 rings (SSSR count). The summed E-state index contributed by atoms with van der Waals surface area (Å²) in [6, 6.07) is 21.1. The molecule has 0 aromatic heterocycles. The number of nitrogens with zero attached hydrogens (tertiary/aromatic N) is 2. The molecule has 3 aromatic carbocycles. The van der Waals surface area contributed by atoms with Gasteiger partial charge in [-0.15, -0.1) is 0 Å². The van der Waals surface area contributed by atoms with Crippen molar-refractivity contribution in [2.24, 2.45) is 0 Å². The number of carbonyl (C=O) groups excluding carboxylic acids is 2. The summed E-state index contributed by atoms with van der Waals surface area (Å²) >= 11 is 0. The molecular weight excluding hydrogens is 469 g/mol. The lowest BCUT2D eigenvalue weighted by molar-refractivity contribution is -0.140. The van der Waals surface area contributed by atoms with E-state index in [1.54, 1.807) is 25.1 Å². The number of sulfonamides is 1. The molecule has 0 saturated heterocycles. The van der Waals surface area contributed by atoms with Crippen molar-refractivity contribution in [2.75, 3.05) is 17.9 Å². The molecule has 0 unspecified atom stereocenters. The van der Waals surface area contributed by atoms with Crippen molar-refractivity contribution in [3.63, 3.8) is 0 Å². The molecule has 0 aliphatic rings. The third-order valence-electron chi connectivity index (χ3n) is 5.56. The normalized spacial score (nSPS) is 12.0. The Kier molecular flexibility index (Phi) is 8.59. The third-order valence-corrected chi connectivity index (χ3v) is 7.33. The fraction of sp³-hybridized carbons (Fsp3) is 0.231. The van der Waals surface area contributed by atoms with E-state index in [-0.39, 0.29) is 23.0 Å². The van der Waals surface area contributed by atoms with Crippen LogP contribution in [0.25, 0.3) is 0 Å². The van der Waals surface area contributed by atoms with Crippen molar-refractivity contribution >= 4 is 27.5 Å². The lowest BCUT2D eigenvalue weighted by Gasteiger charge is -2.33. The number of para-hydroxylation sites is 1. The van der Waals surface area contributed by atoms with Gasteiger partial charge in [-0.2, -0.15) is 0 Å². The first-order chi connectivity index (χ1) is 16.8. The molecule has 0 heterocycles. The van der Waals surface area contributed by atoms with Gasteiger partial charge in [0.05, 0.1) is 10.6 Å². The van der Waals surface area contributed by atoms with Crippen LogP contribution in [0.2, 0.25) is 0 Å². The van der Waals surface area contributed by atoms with Crippen LogP contribution in [0.1, 0.15) is 18.9 Å². The summed E-state index contributed by atoms with van der Waals surface area (Å²) in [5, 5.41) is 2.56. The summed E-state index contributed by atoms with van der Waals surface area (Å²) in [5.74, 6) is -1.79. The number of rotatable bonds is 10. The molecule has 0 spiro atoms. The van der Waals surface area contributed by atoms with E-state index in [2.05, 4.69) is 5.32 Å². The average Bonchev–Trinajstić information content (AvgIpc) is 2.88. The number of amides is 2. The molecule has 0 aliphatic heterocycles. The molecule has 2 amide bonds. The first-order valence-electron chi connectivity index (χ1n) is 11.2. The molecule has 0 saturated carbocycles. The molecule has 1 atom stereocenters. The van der Waals surface area contributed by atoms with E-state index in [1.165, 1.54) is 42.3 Å². The Hall–Kier alpha value is -3.72. The van der Waals surface area contributed by atoms with Crippen molar-refractivity contribution in [3.8, 4) is 0 Å². The first-order valence-corrected chi connectivity index (χ1v) is 12.6. The topological polar surface area (TPSA) is 86.8 Å². The van der Waals surface area contributed by atoms with Crippen LogP contribution in [0.4, 0.5) is 10.1 Å². The fourth-order valence-corrected chi connectivity index (χ4v) is 5.20. The number of benzene rings is 3. The summed E-state index contributed by atoms with van der Waals surface area (Å²) in [6.07, 6.45) is 0.309. The molecule has 1 N–H and O–H groups in total. The molecular formula is C26H28FN3O4S. The Balaban J connectivity index is 2.05. The van der Waals surface area contributed by atoms with Crippen LogP contribution in [0.3, 0.4) is 0 Å². The van der Waals surface area contributed by atoms with Crippen LogP contribution in [-0.2, 0) is 26.2 Å². The molecule has 3 aromatic rings. The number of halogens is 1. The molecule has 184 valence electrons. The summed E-state index contributed by atoms with van der Waals surface area (Å²) in [4.78, 5) is 27.5. The maximum Gasteiger partial charge on any atom is 0.264 e. The largest absolute Gasteiger partial charge is 0.357 e. The van der Waals surface area contributed by atoms with E-state index in [4.69, 9.17) is 0 Å². The van der Waals surface area contributed by atoms with Crippen molar-refractivity contribution in [1.29, 1.82) is 0 Å². The minimum absolute atomic E-state index is 0.0796. The number of likely N-dealkylation sites (N-methyl/N-ethyl adjacent to an activating group) is 1. The predicted molar refractivity (Wildman–Crippen MR) is 133 cm³/mol. The van der Waals surface area contributed by atoms with E-state index in [9.17, 15) is 22.4 Å². The number of anilines is 1. The predicted octanol–water partition coefficient (Wildman–Crippen LogP) is 3.57. The van der Waals surface area contributed by atoms with Gasteiger partial charge in [-0.05, 0) is 36.2 Å². The Labute approximate surface area is 205 Å². The molecule has 0 bridgehead atoms. The number of nitrogens with one attached hydrogen (secondary N) is 1. The van der Waals surface area contributed by atoms with Crippen molar-refractivity contribution in [3.05, 3.63) is 96.3 Å². The molecule has 0 fully saturated rings. The van der Waals surface area contributed by atoms with Gasteiger partial charge in [0.2, 0.25) is 11.8 Å². The standard InChI is InChI=1S/C26H28FN3O4S/c1-3-23(26(32)28-2)29(18-20-12-6-4-7-13-20)25(31)19-30(24-17-11-10-16-22(24)27)35(33,34)21-14-8-5-9-15-21/h4-17,23H,3,18-19H2,1-2H3,(H,28,32)/t23-/m1/s1. The van der Waals surface area contributed by atoms with Gasteiger partial charge in [-0.1, -0.05) is 67.6 Å². The van der Waals surface area contributed by atoms with Gasteiger partial charge in [-0.3, -0.25) is 13.9 Å². The molecule has 35 heavy (non-hydrogen) atoms. The van der Waals surface area contributed by atoms with Gasteiger partial charge >= 0.3 is 0 Å². The second kappa shape index (κ2) is 11.6. The highest BCUT2D eigenvalue weighted by molar-refractivity contribution is 7.92. The summed E-state index contributed by atoms with van der Waals surface area (Å²) in [6.45, 7) is 1.17. The van der Waals surface area contributed by atoms with Crippen LogP contribution >= 0.6 is 0 Å². The van der Waals surface area contributed by atoms with E-state index >= 15 is 0 Å². The van der Waals surface area contributed by atoms with Crippen LogP contribution in [0.15, 0.2) is 89.8 Å². The average molecular weight is 498 g/mol. The lowest BCUT2D eigenvalue weighted by Crippen LogP contribution is -2.51. The maximum atomic E-state index is 14.8. The second-order valence-electron chi connectivity index (χ2n) is 7.82. The Bertz CT molecular complexity index is 1250. The van der Waals surface area contributed by atoms with Crippen LogP contribution in [0, 0.1) is 5.82 Å². The van der Waals surface area contributed by atoms with Crippen LogP contribution < -0.4 is 9.62 Å². The Morgan fingerprint density at radius 3 is 2.06 bits per heavy atom. The monoisotopic (exact) mass is 497 g/mol. The molecule has 9 heteroatoms. The summed E-state index contributed by atoms with van der Waals surface area (Å²) in [7, 11) is -2.82. The van der Waals surface area contributed by atoms with Gasteiger partial charge < -0.3 is 10.2 Å². The number of carbonyl (C=O) groups is 2. The highest BCUT2D eigenvalue weighted by Gasteiger charge is 2.34. The number of hydrogen-bond donors (Lipinski definition) is 1. The summed E-state index contributed by atoms with van der Waals surface area (Å²) < 4.78 is 42.6. The fourth-order valence-electron chi connectivity index (χ4n) is 3.75. The van der Waals surface area contributed by atoms with E-state index in [0.717, 1.165) is 15.9 Å². The highest BCUT2D eigenvalue weighted by atomic mass is 32.2. The quantitative estimate of drug-likeness (QED) is 0.464. The Morgan fingerprint density at radius 2 is 1.49 bits per heavy atom. The van der Waals surface area contributed by atoms with Crippen molar-refractivity contribution in [2.45, 2.75) is 30.8 Å². The maximum absolute atomic E-state index is 14.8. The van der Waals surface area contributed by atoms with Gasteiger partial charge in [0, 0.05) is 13.6 Å². The van der Waals surface area contributed by atoms with Crippen molar-refractivity contribution < 1.29 is 22.4 Å². The molecule has 0 aliphatic carbocycles. The van der Waals surface area contributed by atoms with Crippen LogP contribution in [0.5, 0.6) is 0 Å². The summed E-state index contributed by atoms with van der Waals surface area (Å²) in [5.41, 5.74) is 0.518. The van der Waals surface area contributed by atoms with Crippen molar-refractivity contribution in [1.82, 2.24) is 10.2 Å². The van der Waals surface area contributed by atoms with E-state index in [0.29, 0.717) is 6.42 Å². The number of hydrogen-bond acceptors (Lipinski definition) is 4. The van der Waals surface area contributed by atoms with Gasteiger partial charge in [0.1, 0.15) is 18.4 Å². The lowest BCUT2D eigenvalue weighted by atomic mass is 10.1. The van der Waals surface area contributed by atoms with E-state index in [1.807, 2.05) is 30.3 Å². The van der Waals surface area contributed by atoms with Crippen LogP contribution in [-0.4, -0.2) is 44.8 Å². The second-order valence-corrected chi connectivity index (χ2v) is 9.68. The third kappa shape index (κ3) is 6.05. The zero-order valence-corrected chi connectivity index (χ0v) is 20.4. The van der Waals surface area contributed by atoms with Gasteiger partial charge in [0.15, 0.2) is 0 Å². The van der Waals surface area contributed by atoms with Gasteiger partial charge in [0.25, 0.3) is 10.0 Å². The minimum Gasteiger partial charge on any atom is -0.357 e. The highest BCUT2D eigenvalue weighted by Crippen LogP contribution is 2.27. The Morgan fingerprint density at radius 1 is 0.914 bits per heavy atom. The first kappa shape index (κ1) is 25.9. The van der Waals surface area contributed by atoms with E-state index < -0.39 is 34.3 Å². The molecule has 0 radical (unpaired) electrons. The molecule has 7 nitrogen and oxygen atoms in total. The SMILES string of the molecule is CC[C@H](C(=O)NC)N(Cc1ccccc1)C(=O)CN(c1ccccc1F)S(=O)(=O)c1ccccc1. The zero-order valence-electron chi connectivity index (χ0n) is 19.6. The smallest absolute Gasteiger partial charge is 0.264 e. The zero-order chi connectivity index (χ0) is 25.4. The minimum atomic E-state index is -4.29. The van der Waals surface area contributed by atoms with Gasteiger partial charge in [-0.25, -0.2) is 12.8 Å².